The van der Waals surface area contributed by atoms with Gasteiger partial charge in [0.15, 0.2) is 0 Å². The van der Waals surface area contributed by atoms with E-state index in [4.69, 9.17) is 4.74 Å². The number of nitrogens with one attached hydrogen (secondary N) is 1. The van der Waals surface area contributed by atoms with Gasteiger partial charge in [0.05, 0.1) is 12.5 Å². The van der Waals surface area contributed by atoms with Crippen molar-refractivity contribution in [2.75, 3.05) is 20.7 Å². The molecule has 1 N–H and O–H groups in total. The smallest absolute Gasteiger partial charge is 0.316 e. The molecule has 0 aliphatic heterocycles. The Balaban J connectivity index is 2.37. The van der Waals surface area contributed by atoms with E-state index in [1.165, 1.54) is 7.11 Å². The van der Waals surface area contributed by atoms with Gasteiger partial charge in [-0.05, 0) is 75.5 Å². The van der Waals surface area contributed by atoms with E-state index in [0.29, 0.717) is 5.92 Å². The van der Waals surface area contributed by atoms with Crippen molar-refractivity contribution in [2.45, 2.75) is 11.8 Å². The largest absolute Gasteiger partial charge is 0.468 e. The molecular formula is C13H15Br2NO2. The Hall–Kier alpha value is -0.390. The summed E-state index contributed by atoms with van der Waals surface area (Å²) in [7, 11) is 3.35. The van der Waals surface area contributed by atoms with Crippen LogP contribution in [-0.4, -0.2) is 26.7 Å². The van der Waals surface area contributed by atoms with Crippen molar-refractivity contribution in [3.05, 3.63) is 32.7 Å². The van der Waals surface area contributed by atoms with Crippen LogP contribution in [0.15, 0.2) is 27.1 Å². The average Bonchev–Trinajstić information content (AvgIpc) is 3.07. The minimum absolute atomic E-state index is 0.142. The molecule has 0 saturated heterocycles. The molecule has 5 heteroatoms. The number of rotatable bonds is 4. The van der Waals surface area contributed by atoms with Crippen molar-refractivity contribution in [3.8, 4) is 0 Å². The van der Waals surface area contributed by atoms with Gasteiger partial charge in [-0.25, -0.2) is 0 Å². The number of benzene rings is 1. The molecule has 1 aromatic carbocycles. The van der Waals surface area contributed by atoms with Gasteiger partial charge in [-0.3, -0.25) is 4.79 Å². The van der Waals surface area contributed by atoms with E-state index in [9.17, 15) is 4.79 Å². The predicted octanol–water partition coefficient (Wildman–Crippen LogP) is 2.86. The van der Waals surface area contributed by atoms with Gasteiger partial charge in [0.2, 0.25) is 0 Å². The maximum absolute atomic E-state index is 12.1. The minimum Gasteiger partial charge on any atom is -0.468 e. The topological polar surface area (TPSA) is 38.3 Å². The molecule has 0 spiro atoms. The minimum atomic E-state index is -0.471. The highest BCUT2D eigenvalue weighted by atomic mass is 79.9. The summed E-state index contributed by atoms with van der Waals surface area (Å²) < 4.78 is 6.93. The first kappa shape index (κ1) is 14.0. The number of esters is 1. The van der Waals surface area contributed by atoms with Crippen LogP contribution in [0.3, 0.4) is 0 Å². The summed E-state index contributed by atoms with van der Waals surface area (Å²) in [6.07, 6.45) is 0.842. The van der Waals surface area contributed by atoms with Crippen molar-refractivity contribution >= 4 is 37.8 Å². The fraction of sp³-hybridized carbons (Fsp3) is 0.462. The molecule has 0 bridgehead atoms. The quantitative estimate of drug-likeness (QED) is 0.821. The van der Waals surface area contributed by atoms with Gasteiger partial charge in [-0.15, -0.1) is 0 Å². The van der Waals surface area contributed by atoms with E-state index in [-0.39, 0.29) is 5.97 Å². The fourth-order valence-electron chi connectivity index (χ4n) is 2.50. The normalized spacial score (nSPS) is 25.9. The fourth-order valence-corrected chi connectivity index (χ4v) is 3.13. The maximum atomic E-state index is 12.1. The van der Waals surface area contributed by atoms with Gasteiger partial charge in [-0.1, -0.05) is 6.07 Å². The van der Waals surface area contributed by atoms with Crippen LogP contribution in [-0.2, 0) is 14.9 Å². The van der Waals surface area contributed by atoms with Crippen LogP contribution in [0.1, 0.15) is 12.0 Å². The third-order valence-corrected chi connectivity index (χ3v) is 5.42. The molecule has 3 nitrogen and oxygen atoms in total. The van der Waals surface area contributed by atoms with Crippen LogP contribution in [0.4, 0.5) is 0 Å². The first-order valence-corrected chi connectivity index (χ1v) is 7.33. The Morgan fingerprint density at radius 3 is 2.78 bits per heavy atom. The molecule has 0 heterocycles. The highest BCUT2D eigenvalue weighted by Gasteiger charge is 2.61. The summed E-state index contributed by atoms with van der Waals surface area (Å²) in [5, 5.41) is 3.13. The Morgan fingerprint density at radius 2 is 2.22 bits per heavy atom. The van der Waals surface area contributed by atoms with E-state index in [1.54, 1.807) is 0 Å². The number of hydrogen-bond acceptors (Lipinski definition) is 3. The SMILES string of the molecule is CNC[C@H]1C[C@@]1(C(=O)OC)c1ccc(Br)c(Br)c1. The van der Waals surface area contributed by atoms with Gasteiger partial charge >= 0.3 is 5.97 Å². The van der Waals surface area contributed by atoms with Crippen LogP contribution in [0.2, 0.25) is 0 Å². The van der Waals surface area contributed by atoms with Crippen molar-refractivity contribution in [1.82, 2.24) is 5.32 Å². The van der Waals surface area contributed by atoms with E-state index in [0.717, 1.165) is 27.5 Å². The van der Waals surface area contributed by atoms with Gasteiger partial charge in [-0.2, -0.15) is 0 Å². The van der Waals surface area contributed by atoms with E-state index in [1.807, 2.05) is 25.2 Å². The number of ether oxygens (including phenoxy) is 1. The lowest BCUT2D eigenvalue weighted by atomic mass is 9.93. The first-order chi connectivity index (χ1) is 8.56. The monoisotopic (exact) mass is 375 g/mol. The molecular weight excluding hydrogens is 362 g/mol. The second kappa shape index (κ2) is 5.31. The van der Waals surface area contributed by atoms with Gasteiger partial charge < -0.3 is 10.1 Å². The van der Waals surface area contributed by atoms with E-state index >= 15 is 0 Å². The third kappa shape index (κ3) is 2.24. The predicted molar refractivity (Wildman–Crippen MR) is 77.6 cm³/mol. The molecule has 0 amide bonds. The summed E-state index contributed by atoms with van der Waals surface area (Å²) in [5.74, 6) is 0.167. The molecule has 0 radical (unpaired) electrons. The third-order valence-electron chi connectivity index (χ3n) is 3.54. The van der Waals surface area contributed by atoms with E-state index in [2.05, 4.69) is 37.2 Å². The number of methoxy groups -OCH3 is 1. The second-order valence-electron chi connectivity index (χ2n) is 4.55. The zero-order valence-electron chi connectivity index (χ0n) is 10.3. The number of carbonyl (C=O) groups is 1. The molecule has 98 valence electrons. The van der Waals surface area contributed by atoms with Crippen LogP contribution in [0.25, 0.3) is 0 Å². The van der Waals surface area contributed by atoms with Gasteiger partial charge in [0, 0.05) is 8.95 Å². The molecule has 2 rings (SSSR count). The van der Waals surface area contributed by atoms with E-state index < -0.39 is 5.41 Å². The molecule has 1 aliphatic rings. The molecule has 0 aromatic heterocycles. The summed E-state index contributed by atoms with van der Waals surface area (Å²) in [4.78, 5) is 12.1. The maximum Gasteiger partial charge on any atom is 0.316 e. The van der Waals surface area contributed by atoms with Gasteiger partial charge in [0.1, 0.15) is 0 Å². The van der Waals surface area contributed by atoms with Gasteiger partial charge in [0.25, 0.3) is 0 Å². The second-order valence-corrected chi connectivity index (χ2v) is 6.26. The lowest BCUT2D eigenvalue weighted by Gasteiger charge is -2.16. The first-order valence-electron chi connectivity index (χ1n) is 5.74. The standard InChI is InChI=1S/C13H15Br2NO2/c1-16-7-9-6-13(9,12(17)18-2)8-3-4-10(14)11(15)5-8/h3-5,9,16H,6-7H2,1-2H3/t9-,13-/m1/s1. The molecule has 1 fully saturated rings. The highest BCUT2D eigenvalue weighted by molar-refractivity contribution is 9.13. The highest BCUT2D eigenvalue weighted by Crippen LogP contribution is 2.55. The molecule has 1 aromatic rings. The van der Waals surface area contributed by atoms with Crippen LogP contribution in [0.5, 0.6) is 0 Å². The summed E-state index contributed by atoms with van der Waals surface area (Å²) in [6.45, 7) is 0.822. The summed E-state index contributed by atoms with van der Waals surface area (Å²) >= 11 is 6.92. The Kier molecular flexibility index (Phi) is 4.14. The number of carbonyl (C=O) groups excluding carboxylic acids is 1. The molecule has 1 saturated carbocycles. The van der Waals surface area contributed by atoms with Crippen molar-refractivity contribution in [1.29, 1.82) is 0 Å². The Morgan fingerprint density at radius 1 is 1.50 bits per heavy atom. The molecule has 1 aliphatic carbocycles. The molecule has 2 atom stereocenters. The number of hydrogen-bond donors (Lipinski definition) is 1. The van der Waals surface area contributed by atoms with Crippen LogP contribution >= 0.6 is 31.9 Å². The van der Waals surface area contributed by atoms with Crippen LogP contribution in [0, 0.1) is 5.92 Å². The average molecular weight is 377 g/mol. The zero-order valence-corrected chi connectivity index (χ0v) is 13.5. The zero-order chi connectivity index (χ0) is 13.3. The van der Waals surface area contributed by atoms with Crippen molar-refractivity contribution in [3.63, 3.8) is 0 Å². The molecule has 18 heavy (non-hydrogen) atoms. The van der Waals surface area contributed by atoms with Crippen molar-refractivity contribution in [2.24, 2.45) is 5.92 Å². The molecule has 0 unspecified atom stereocenters. The Labute approximate surface area is 124 Å². The summed E-state index contributed by atoms with van der Waals surface area (Å²) in [6, 6.07) is 5.94. The summed E-state index contributed by atoms with van der Waals surface area (Å²) in [5.41, 5.74) is 0.547. The lowest BCUT2D eigenvalue weighted by molar-refractivity contribution is -0.144. The lowest BCUT2D eigenvalue weighted by Crippen LogP contribution is -2.27. The Bertz CT molecular complexity index is 478. The van der Waals surface area contributed by atoms with Crippen LogP contribution < -0.4 is 5.32 Å². The number of halogens is 2. The van der Waals surface area contributed by atoms with Crippen molar-refractivity contribution < 1.29 is 9.53 Å².